The standard InChI is InChI=1S/C3H9O2P.Al.3H/c1-3(2)6(4)5;;;;/h3,6H,1-2H3,(H,4,5);;;;. The van der Waals surface area contributed by atoms with Crippen molar-refractivity contribution in [2.24, 2.45) is 0 Å². The van der Waals surface area contributed by atoms with Gasteiger partial charge < -0.3 is 4.89 Å². The Bertz CT molecular complexity index is 64.0. The summed E-state index contributed by atoms with van der Waals surface area (Å²) in [4.78, 5) is 8.18. The van der Waals surface area contributed by atoms with Crippen LogP contribution in [0.1, 0.15) is 13.8 Å². The van der Waals surface area contributed by atoms with E-state index < -0.39 is 8.03 Å². The van der Waals surface area contributed by atoms with Crippen molar-refractivity contribution in [2.75, 3.05) is 0 Å². The molecule has 1 N–H and O–H groups in total. The second kappa shape index (κ2) is 4.87. The Morgan fingerprint density at radius 2 is 1.71 bits per heavy atom. The molecule has 44 valence electrons. The summed E-state index contributed by atoms with van der Waals surface area (Å²) in [6.45, 7) is 3.45. The fraction of sp³-hybridized carbons (Fsp3) is 1.00. The molecule has 0 fully saturated rings. The fourth-order valence-electron chi connectivity index (χ4n) is 0. The van der Waals surface area contributed by atoms with Crippen LogP contribution in [-0.4, -0.2) is 27.9 Å². The lowest BCUT2D eigenvalue weighted by Crippen LogP contribution is -1.81. The molecule has 0 amide bonds. The molecule has 0 radical (unpaired) electrons. The van der Waals surface area contributed by atoms with E-state index in [1.54, 1.807) is 13.8 Å². The Labute approximate surface area is 54.9 Å². The molecule has 4 heteroatoms. The minimum Gasteiger partial charge on any atom is -0.346 e. The molecular weight excluding hydrogens is 126 g/mol. The molecule has 0 spiro atoms. The Balaban J connectivity index is 0. The molecule has 1 atom stereocenters. The van der Waals surface area contributed by atoms with E-state index in [-0.39, 0.29) is 23.0 Å². The van der Waals surface area contributed by atoms with Crippen molar-refractivity contribution in [2.45, 2.75) is 19.5 Å². The van der Waals surface area contributed by atoms with Crippen LogP contribution in [0, 0.1) is 0 Å². The first-order valence-electron chi connectivity index (χ1n) is 1.87. The zero-order valence-corrected chi connectivity index (χ0v) is 4.93. The van der Waals surface area contributed by atoms with Crippen molar-refractivity contribution in [1.82, 2.24) is 0 Å². The number of hydrogen-bond acceptors (Lipinski definition) is 1. The van der Waals surface area contributed by atoms with Gasteiger partial charge in [-0.15, -0.1) is 0 Å². The van der Waals surface area contributed by atoms with Gasteiger partial charge in [0, 0.05) is 5.66 Å². The van der Waals surface area contributed by atoms with Gasteiger partial charge in [0.1, 0.15) is 0 Å². The molecule has 0 aromatic carbocycles. The summed E-state index contributed by atoms with van der Waals surface area (Å²) in [5, 5.41) is 0. The fourth-order valence-corrected chi connectivity index (χ4v) is 0. The predicted octanol–water partition coefficient (Wildman–Crippen LogP) is -0.322. The van der Waals surface area contributed by atoms with E-state index in [0.717, 1.165) is 0 Å². The molecule has 2 nitrogen and oxygen atoms in total. The van der Waals surface area contributed by atoms with Gasteiger partial charge in [0.05, 0.1) is 0 Å². The van der Waals surface area contributed by atoms with Crippen LogP contribution in [-0.2, 0) is 4.57 Å². The molecule has 0 saturated heterocycles. The van der Waals surface area contributed by atoms with Gasteiger partial charge in [-0.05, 0) is 0 Å². The van der Waals surface area contributed by atoms with Gasteiger partial charge >= 0.3 is 0 Å². The highest BCUT2D eigenvalue weighted by Crippen LogP contribution is 2.19. The van der Waals surface area contributed by atoms with Crippen LogP contribution in [0.25, 0.3) is 0 Å². The second-order valence-electron chi connectivity index (χ2n) is 1.49. The van der Waals surface area contributed by atoms with Gasteiger partial charge in [0.2, 0.25) is 0 Å². The van der Waals surface area contributed by atoms with E-state index >= 15 is 0 Å². The van der Waals surface area contributed by atoms with Crippen LogP contribution in [0.3, 0.4) is 0 Å². The third-order valence-electron chi connectivity index (χ3n) is 0.494. The van der Waals surface area contributed by atoms with Crippen LogP contribution in [0.4, 0.5) is 0 Å². The molecule has 0 aromatic rings. The zero-order chi connectivity index (χ0) is 5.15. The Morgan fingerprint density at radius 1 is 1.57 bits per heavy atom. The molecule has 0 aliphatic rings. The van der Waals surface area contributed by atoms with E-state index in [2.05, 4.69) is 0 Å². The third-order valence-corrected chi connectivity index (χ3v) is 1.48. The summed E-state index contributed by atoms with van der Waals surface area (Å²) < 4.78 is 9.88. The largest absolute Gasteiger partial charge is 0.346 e. The summed E-state index contributed by atoms with van der Waals surface area (Å²) >= 11 is 0. The quantitative estimate of drug-likeness (QED) is 0.398. The molecule has 0 saturated carbocycles. The first-order chi connectivity index (χ1) is 2.64. The van der Waals surface area contributed by atoms with Crippen LogP contribution in [0.2, 0.25) is 0 Å². The molecule has 0 aromatic heterocycles. The summed E-state index contributed by atoms with van der Waals surface area (Å²) in [6.07, 6.45) is 0. The minimum atomic E-state index is -2.20. The summed E-state index contributed by atoms with van der Waals surface area (Å²) in [5.74, 6) is 0. The average Bonchev–Trinajstić information content (AvgIpc) is 1.36. The van der Waals surface area contributed by atoms with E-state index in [1.807, 2.05) is 0 Å². The third kappa shape index (κ3) is 6.72. The molecule has 1 unspecified atom stereocenters. The van der Waals surface area contributed by atoms with E-state index in [1.165, 1.54) is 0 Å². The first kappa shape index (κ1) is 10.7. The van der Waals surface area contributed by atoms with Crippen molar-refractivity contribution in [3.05, 3.63) is 0 Å². The summed E-state index contributed by atoms with van der Waals surface area (Å²) in [7, 11) is -2.20. The highest BCUT2D eigenvalue weighted by atomic mass is 31.1. The van der Waals surface area contributed by atoms with Crippen LogP contribution >= 0.6 is 8.03 Å². The van der Waals surface area contributed by atoms with Gasteiger partial charge in [-0.1, -0.05) is 13.8 Å². The van der Waals surface area contributed by atoms with Gasteiger partial charge in [-0.2, -0.15) is 0 Å². The molecule has 0 heterocycles. The second-order valence-corrected chi connectivity index (χ2v) is 3.32. The first-order valence-corrected chi connectivity index (χ1v) is 3.30. The number of rotatable bonds is 1. The zero-order valence-electron chi connectivity index (χ0n) is 3.93. The molecule has 7 heavy (non-hydrogen) atoms. The van der Waals surface area contributed by atoms with Crippen molar-refractivity contribution in [3.8, 4) is 0 Å². The van der Waals surface area contributed by atoms with E-state index in [4.69, 9.17) is 4.89 Å². The predicted molar refractivity (Wildman–Crippen MR) is 36.3 cm³/mol. The molecule has 0 aliphatic carbocycles. The molecule has 0 aliphatic heterocycles. The number of hydrogen-bond donors (Lipinski definition) is 1. The maximum Gasteiger partial charge on any atom is 0.191 e. The van der Waals surface area contributed by atoms with Crippen LogP contribution < -0.4 is 0 Å². The SMILES string of the molecule is CC(C)[PH](=O)O.[AlH3]. The Hall–Kier alpha value is 0.722. The minimum absolute atomic E-state index is 0. The average molecular weight is 138 g/mol. The van der Waals surface area contributed by atoms with Crippen LogP contribution in [0.15, 0.2) is 0 Å². The molecule has 0 bridgehead atoms. The Kier molecular flexibility index (Phi) is 7.42. The maximum atomic E-state index is 9.88. The summed E-state index contributed by atoms with van der Waals surface area (Å²) in [5.41, 5.74) is -0.0463. The van der Waals surface area contributed by atoms with Gasteiger partial charge in [0.15, 0.2) is 25.4 Å². The normalized spacial score (nSPS) is 13.1. The van der Waals surface area contributed by atoms with Crippen molar-refractivity contribution >= 4 is 25.4 Å². The van der Waals surface area contributed by atoms with Crippen molar-refractivity contribution in [1.29, 1.82) is 0 Å². The van der Waals surface area contributed by atoms with E-state index in [9.17, 15) is 4.57 Å². The molecule has 0 rings (SSSR count). The lowest BCUT2D eigenvalue weighted by atomic mass is 10.6. The van der Waals surface area contributed by atoms with E-state index in [0.29, 0.717) is 0 Å². The highest BCUT2D eigenvalue weighted by Gasteiger charge is 1.95. The van der Waals surface area contributed by atoms with Gasteiger partial charge in [-0.3, -0.25) is 4.57 Å². The molecular formula is C3H12AlO2P. The lowest BCUT2D eigenvalue weighted by Gasteiger charge is -1.91. The smallest absolute Gasteiger partial charge is 0.191 e. The summed E-state index contributed by atoms with van der Waals surface area (Å²) in [6, 6.07) is 0. The van der Waals surface area contributed by atoms with Crippen molar-refractivity contribution in [3.63, 3.8) is 0 Å². The topological polar surface area (TPSA) is 37.3 Å². The highest BCUT2D eigenvalue weighted by molar-refractivity contribution is 7.38. The van der Waals surface area contributed by atoms with Crippen molar-refractivity contribution < 1.29 is 9.46 Å². The lowest BCUT2D eigenvalue weighted by molar-refractivity contribution is 0.495. The monoisotopic (exact) mass is 138 g/mol. The maximum absolute atomic E-state index is 9.88. The van der Waals surface area contributed by atoms with Gasteiger partial charge in [0.25, 0.3) is 0 Å². The van der Waals surface area contributed by atoms with Gasteiger partial charge in [-0.25, -0.2) is 0 Å². The van der Waals surface area contributed by atoms with Crippen LogP contribution in [0.5, 0.6) is 0 Å². The Morgan fingerprint density at radius 3 is 1.71 bits per heavy atom.